The molecule has 4 rings (SSSR count). The van der Waals surface area contributed by atoms with Crippen molar-refractivity contribution in [3.05, 3.63) is 38.4 Å². The van der Waals surface area contributed by atoms with Crippen molar-refractivity contribution in [2.24, 2.45) is 0 Å². The Hall–Kier alpha value is -1.13. The number of fused-ring (bicyclic) bond motifs is 3. The maximum Gasteiger partial charge on any atom is 0.225 e. The van der Waals surface area contributed by atoms with Crippen LogP contribution in [0.2, 0.25) is 0 Å². The number of nitrogens with one attached hydrogen (secondary N) is 1. The molecule has 4 heteroatoms. The third-order valence-corrected chi connectivity index (χ3v) is 6.30. The molecular formula is C15H15NOS2. The lowest BCUT2D eigenvalue weighted by atomic mass is 9.85. The molecule has 0 saturated heterocycles. The molecule has 1 N–H and O–H groups in total. The summed E-state index contributed by atoms with van der Waals surface area (Å²) in [5, 5.41) is 6.33. The lowest BCUT2D eigenvalue weighted by Gasteiger charge is -2.24. The highest BCUT2D eigenvalue weighted by molar-refractivity contribution is 7.16. The van der Waals surface area contributed by atoms with Crippen molar-refractivity contribution in [2.75, 3.05) is 5.32 Å². The Morgan fingerprint density at radius 1 is 1.26 bits per heavy atom. The summed E-state index contributed by atoms with van der Waals surface area (Å²) >= 11 is 3.59. The highest BCUT2D eigenvalue weighted by Crippen LogP contribution is 2.48. The van der Waals surface area contributed by atoms with Crippen LogP contribution in [0.15, 0.2) is 17.5 Å². The zero-order valence-corrected chi connectivity index (χ0v) is 12.2. The van der Waals surface area contributed by atoms with Crippen molar-refractivity contribution < 1.29 is 4.79 Å². The van der Waals surface area contributed by atoms with Gasteiger partial charge in [-0.25, -0.2) is 0 Å². The molecular weight excluding hydrogens is 274 g/mol. The molecule has 2 aromatic heterocycles. The highest BCUT2D eigenvalue weighted by Gasteiger charge is 2.33. The SMILES string of the molecule is O=C1C[C@H](c2cccs2)c2c(sc3c2CCCC3)N1. The minimum atomic E-state index is 0.171. The van der Waals surface area contributed by atoms with E-state index in [1.807, 2.05) is 11.3 Å². The third-order valence-electron chi connectivity index (χ3n) is 4.09. The van der Waals surface area contributed by atoms with Crippen molar-refractivity contribution in [2.45, 2.75) is 38.0 Å². The van der Waals surface area contributed by atoms with Crippen LogP contribution in [-0.4, -0.2) is 5.91 Å². The van der Waals surface area contributed by atoms with Crippen LogP contribution in [-0.2, 0) is 17.6 Å². The number of hydrogen-bond acceptors (Lipinski definition) is 3. The van der Waals surface area contributed by atoms with E-state index in [2.05, 4.69) is 22.8 Å². The zero-order chi connectivity index (χ0) is 12.8. The second-order valence-corrected chi connectivity index (χ2v) is 7.36. The van der Waals surface area contributed by atoms with Crippen LogP contribution in [0.4, 0.5) is 5.00 Å². The molecule has 0 aromatic carbocycles. The quantitative estimate of drug-likeness (QED) is 0.839. The summed E-state index contributed by atoms with van der Waals surface area (Å²) in [4.78, 5) is 14.8. The summed E-state index contributed by atoms with van der Waals surface area (Å²) < 4.78 is 0. The number of thiophene rings is 2. The fraction of sp³-hybridized carbons (Fsp3) is 0.400. The predicted octanol–water partition coefficient (Wildman–Crippen LogP) is 4.16. The van der Waals surface area contributed by atoms with Crippen molar-refractivity contribution in [1.29, 1.82) is 0 Å². The first-order chi connectivity index (χ1) is 9.33. The minimum Gasteiger partial charge on any atom is -0.317 e. The van der Waals surface area contributed by atoms with E-state index < -0.39 is 0 Å². The Balaban J connectivity index is 1.88. The largest absolute Gasteiger partial charge is 0.317 e. The van der Waals surface area contributed by atoms with E-state index in [1.54, 1.807) is 16.9 Å². The Labute approximate surface area is 120 Å². The average molecular weight is 289 g/mol. The fourth-order valence-electron chi connectivity index (χ4n) is 3.25. The van der Waals surface area contributed by atoms with Gasteiger partial charge in [0.1, 0.15) is 0 Å². The van der Waals surface area contributed by atoms with Gasteiger partial charge in [-0.05, 0) is 48.3 Å². The fourth-order valence-corrected chi connectivity index (χ4v) is 5.45. The van der Waals surface area contributed by atoms with Gasteiger partial charge in [0.15, 0.2) is 0 Å². The smallest absolute Gasteiger partial charge is 0.225 e. The Bertz CT molecular complexity index is 627. The van der Waals surface area contributed by atoms with E-state index in [-0.39, 0.29) is 5.91 Å². The lowest BCUT2D eigenvalue weighted by Crippen LogP contribution is -2.22. The van der Waals surface area contributed by atoms with Crippen LogP contribution in [0.5, 0.6) is 0 Å². The Morgan fingerprint density at radius 3 is 3.00 bits per heavy atom. The second kappa shape index (κ2) is 4.46. The van der Waals surface area contributed by atoms with Gasteiger partial charge in [-0.1, -0.05) is 6.07 Å². The molecule has 2 aromatic rings. The van der Waals surface area contributed by atoms with Gasteiger partial charge >= 0.3 is 0 Å². The first-order valence-electron chi connectivity index (χ1n) is 6.80. The lowest BCUT2D eigenvalue weighted by molar-refractivity contribution is -0.116. The molecule has 0 bridgehead atoms. The number of rotatable bonds is 1. The van der Waals surface area contributed by atoms with E-state index >= 15 is 0 Å². The van der Waals surface area contributed by atoms with Gasteiger partial charge in [0.2, 0.25) is 5.91 Å². The third kappa shape index (κ3) is 1.85. The monoisotopic (exact) mass is 289 g/mol. The van der Waals surface area contributed by atoms with Crippen molar-refractivity contribution >= 4 is 33.6 Å². The summed E-state index contributed by atoms with van der Waals surface area (Å²) in [7, 11) is 0. The molecule has 2 aliphatic rings. The van der Waals surface area contributed by atoms with Gasteiger partial charge < -0.3 is 5.32 Å². The van der Waals surface area contributed by atoms with E-state index in [9.17, 15) is 4.79 Å². The zero-order valence-electron chi connectivity index (χ0n) is 10.6. The molecule has 98 valence electrons. The molecule has 2 nitrogen and oxygen atoms in total. The number of aryl methyl sites for hydroxylation is 1. The van der Waals surface area contributed by atoms with E-state index in [0.717, 1.165) is 5.00 Å². The van der Waals surface area contributed by atoms with Gasteiger partial charge in [-0.2, -0.15) is 0 Å². The number of carbonyl (C=O) groups is 1. The maximum absolute atomic E-state index is 11.9. The summed E-state index contributed by atoms with van der Waals surface area (Å²) in [5.41, 5.74) is 2.98. The molecule has 1 atom stereocenters. The van der Waals surface area contributed by atoms with Crippen molar-refractivity contribution in [1.82, 2.24) is 0 Å². The summed E-state index contributed by atoms with van der Waals surface area (Å²) in [6, 6.07) is 4.26. The number of carbonyl (C=O) groups excluding carboxylic acids is 1. The predicted molar refractivity (Wildman–Crippen MR) is 80.4 cm³/mol. The minimum absolute atomic E-state index is 0.171. The number of hydrogen-bond donors (Lipinski definition) is 1. The molecule has 0 unspecified atom stereocenters. The first kappa shape index (κ1) is 11.7. The van der Waals surface area contributed by atoms with E-state index in [1.165, 1.54) is 41.0 Å². The standard InChI is InChI=1S/C15H15NOS2/c17-13-8-10(11-6-3-7-18-11)14-9-4-1-2-5-12(9)19-15(14)16-13/h3,6-7,10H,1-2,4-5,8H2,(H,16,17)/t10-/m1/s1. The topological polar surface area (TPSA) is 29.1 Å². The van der Waals surface area contributed by atoms with Crippen LogP contribution in [0, 0.1) is 0 Å². The van der Waals surface area contributed by atoms with Gasteiger partial charge in [0, 0.05) is 22.1 Å². The summed E-state index contributed by atoms with van der Waals surface area (Å²) in [6.45, 7) is 0. The van der Waals surface area contributed by atoms with Crippen molar-refractivity contribution in [3.63, 3.8) is 0 Å². The number of amides is 1. The van der Waals surface area contributed by atoms with Crippen LogP contribution in [0.25, 0.3) is 0 Å². The Kier molecular flexibility index (Phi) is 2.74. The summed E-state index contributed by atoms with van der Waals surface area (Å²) in [5.74, 6) is 0.464. The van der Waals surface area contributed by atoms with Crippen LogP contribution >= 0.6 is 22.7 Å². The van der Waals surface area contributed by atoms with E-state index in [4.69, 9.17) is 0 Å². The molecule has 0 saturated carbocycles. The molecule has 0 radical (unpaired) electrons. The molecule has 1 amide bonds. The van der Waals surface area contributed by atoms with Gasteiger partial charge in [0.25, 0.3) is 0 Å². The van der Waals surface area contributed by atoms with Crippen molar-refractivity contribution in [3.8, 4) is 0 Å². The molecule has 19 heavy (non-hydrogen) atoms. The normalized spacial score (nSPS) is 21.7. The van der Waals surface area contributed by atoms with Crippen LogP contribution in [0.3, 0.4) is 0 Å². The molecule has 0 spiro atoms. The van der Waals surface area contributed by atoms with Crippen LogP contribution in [0.1, 0.15) is 46.1 Å². The Morgan fingerprint density at radius 2 is 2.16 bits per heavy atom. The van der Waals surface area contributed by atoms with E-state index in [0.29, 0.717) is 12.3 Å². The molecule has 1 aliphatic carbocycles. The highest BCUT2D eigenvalue weighted by atomic mass is 32.1. The molecule has 3 heterocycles. The number of anilines is 1. The van der Waals surface area contributed by atoms with Gasteiger partial charge in [0.05, 0.1) is 5.00 Å². The van der Waals surface area contributed by atoms with Gasteiger partial charge in [-0.15, -0.1) is 22.7 Å². The first-order valence-corrected chi connectivity index (χ1v) is 8.50. The van der Waals surface area contributed by atoms with Gasteiger partial charge in [-0.3, -0.25) is 4.79 Å². The average Bonchev–Trinajstić information content (AvgIpc) is 3.04. The molecule has 0 fully saturated rings. The molecule has 1 aliphatic heterocycles. The maximum atomic E-state index is 11.9. The van der Waals surface area contributed by atoms with Crippen LogP contribution < -0.4 is 5.32 Å². The second-order valence-electron chi connectivity index (χ2n) is 5.27. The summed E-state index contributed by atoms with van der Waals surface area (Å²) in [6.07, 6.45) is 5.58.